The van der Waals surface area contributed by atoms with Gasteiger partial charge in [0.15, 0.2) is 0 Å². The Morgan fingerprint density at radius 3 is 2.60 bits per heavy atom. The topological polar surface area (TPSA) is 49.4 Å². The van der Waals surface area contributed by atoms with Gasteiger partial charge in [0.2, 0.25) is 0 Å². The number of hydrogen-bond acceptors (Lipinski definition) is 3. The number of hydrogen-bond donors (Lipinski definition) is 1. The molecule has 4 rings (SSSR count). The fraction of sp³-hybridized carbons (Fsp3) is 0.360. The van der Waals surface area contributed by atoms with E-state index in [1.807, 2.05) is 55.5 Å². The van der Waals surface area contributed by atoms with Crippen LogP contribution in [0.1, 0.15) is 54.1 Å². The summed E-state index contributed by atoms with van der Waals surface area (Å²) in [6.07, 6.45) is 6.36. The number of rotatable bonds is 3. The maximum Gasteiger partial charge on any atom is 0.264 e. The summed E-state index contributed by atoms with van der Waals surface area (Å²) in [5.41, 5.74) is 3.58. The van der Waals surface area contributed by atoms with Crippen LogP contribution in [-0.4, -0.2) is 24.9 Å². The average molecular weight is 421 g/mol. The first kappa shape index (κ1) is 20.7. The zero-order chi connectivity index (χ0) is 21.3. The molecule has 2 aromatic carbocycles. The lowest BCUT2D eigenvalue weighted by Crippen LogP contribution is -2.37. The molecule has 0 saturated heterocycles. The number of likely N-dealkylation sites (N-methyl/N-ethyl adjacent to an activating group) is 1. The van der Waals surface area contributed by atoms with Crippen LogP contribution in [0.15, 0.2) is 52.3 Å². The van der Waals surface area contributed by atoms with Crippen molar-refractivity contribution >= 4 is 35.3 Å². The van der Waals surface area contributed by atoms with Crippen LogP contribution < -0.4 is 10.2 Å². The summed E-state index contributed by atoms with van der Waals surface area (Å²) in [5.74, 6) is 0.652. The average Bonchev–Trinajstić information content (AvgIpc) is 2.74. The molecule has 0 unspecified atom stereocenters. The summed E-state index contributed by atoms with van der Waals surface area (Å²) in [4.78, 5) is 29.1. The smallest absolute Gasteiger partial charge is 0.264 e. The van der Waals surface area contributed by atoms with Crippen LogP contribution >= 0.6 is 11.8 Å². The lowest BCUT2D eigenvalue weighted by atomic mass is 9.87. The van der Waals surface area contributed by atoms with Gasteiger partial charge in [-0.15, -0.1) is 0 Å². The first-order valence-electron chi connectivity index (χ1n) is 10.6. The summed E-state index contributed by atoms with van der Waals surface area (Å²) in [7, 11) is 1.77. The van der Waals surface area contributed by atoms with E-state index >= 15 is 0 Å². The molecule has 0 radical (unpaired) electrons. The van der Waals surface area contributed by atoms with Crippen molar-refractivity contribution in [2.24, 2.45) is 5.92 Å². The molecule has 156 valence electrons. The molecule has 1 N–H and O–H groups in total. The van der Waals surface area contributed by atoms with Gasteiger partial charge in [0.05, 0.1) is 10.6 Å². The Kier molecular flexibility index (Phi) is 6.00. The van der Waals surface area contributed by atoms with Crippen LogP contribution in [0.2, 0.25) is 0 Å². The van der Waals surface area contributed by atoms with E-state index in [0.717, 1.165) is 40.5 Å². The number of carbonyl (C=O) groups excluding carboxylic acids is 2. The molecule has 1 saturated carbocycles. The van der Waals surface area contributed by atoms with E-state index in [2.05, 4.69) is 12.2 Å². The van der Waals surface area contributed by atoms with Crippen LogP contribution in [0.5, 0.6) is 0 Å². The van der Waals surface area contributed by atoms with E-state index in [0.29, 0.717) is 10.5 Å². The minimum Gasteiger partial charge on any atom is -0.349 e. The quantitative estimate of drug-likeness (QED) is 0.675. The number of benzene rings is 2. The van der Waals surface area contributed by atoms with Crippen molar-refractivity contribution in [2.75, 3.05) is 11.9 Å². The molecule has 1 aliphatic heterocycles. The number of nitrogens with one attached hydrogen (secondary N) is 1. The van der Waals surface area contributed by atoms with Gasteiger partial charge in [-0.25, -0.2) is 0 Å². The standard InChI is InChI=1S/C25H28N2O2S/c1-16-8-11-20(12-9-16)26-24(28)19-10-13-22-21(14-19)27(3)25(29)23(30-22)15-18-7-5-4-6-17(18)2/h4-7,10,13-16,20H,8-9,11-12H2,1-3H3,(H,26,28). The van der Waals surface area contributed by atoms with Gasteiger partial charge in [0.25, 0.3) is 11.8 Å². The third-order valence-corrected chi connectivity index (χ3v) is 7.22. The third kappa shape index (κ3) is 4.31. The summed E-state index contributed by atoms with van der Waals surface area (Å²) in [6, 6.07) is 13.9. The van der Waals surface area contributed by atoms with Crippen LogP contribution in [0.25, 0.3) is 6.08 Å². The van der Waals surface area contributed by atoms with Crippen LogP contribution in [0, 0.1) is 12.8 Å². The van der Waals surface area contributed by atoms with E-state index < -0.39 is 0 Å². The van der Waals surface area contributed by atoms with Crippen LogP contribution in [0.4, 0.5) is 5.69 Å². The second-order valence-electron chi connectivity index (χ2n) is 8.44. The molecule has 30 heavy (non-hydrogen) atoms. The van der Waals surface area contributed by atoms with Crippen molar-refractivity contribution in [3.8, 4) is 0 Å². The van der Waals surface area contributed by atoms with Gasteiger partial charge in [0.1, 0.15) is 0 Å². The van der Waals surface area contributed by atoms with Crippen molar-refractivity contribution in [3.05, 3.63) is 64.1 Å². The Hall–Kier alpha value is -2.53. The van der Waals surface area contributed by atoms with E-state index in [9.17, 15) is 9.59 Å². The van der Waals surface area contributed by atoms with E-state index in [4.69, 9.17) is 0 Å². The lowest BCUT2D eigenvalue weighted by molar-refractivity contribution is -0.114. The predicted molar refractivity (Wildman–Crippen MR) is 124 cm³/mol. The monoisotopic (exact) mass is 420 g/mol. The van der Waals surface area contributed by atoms with Gasteiger partial charge in [-0.3, -0.25) is 9.59 Å². The van der Waals surface area contributed by atoms with Crippen molar-refractivity contribution < 1.29 is 9.59 Å². The van der Waals surface area contributed by atoms with E-state index in [-0.39, 0.29) is 17.9 Å². The van der Waals surface area contributed by atoms with Crippen LogP contribution in [0.3, 0.4) is 0 Å². The van der Waals surface area contributed by atoms with Crippen molar-refractivity contribution in [3.63, 3.8) is 0 Å². The molecule has 0 bridgehead atoms. The Labute approximate surface area is 182 Å². The summed E-state index contributed by atoms with van der Waals surface area (Å²) in [6.45, 7) is 4.31. The summed E-state index contributed by atoms with van der Waals surface area (Å²) >= 11 is 1.47. The van der Waals surface area contributed by atoms with Crippen molar-refractivity contribution in [1.82, 2.24) is 5.32 Å². The number of aryl methyl sites for hydroxylation is 1. The van der Waals surface area contributed by atoms with Gasteiger partial charge in [0, 0.05) is 23.5 Å². The minimum absolute atomic E-state index is 0.0467. The highest BCUT2D eigenvalue weighted by Crippen LogP contribution is 2.42. The molecular weight excluding hydrogens is 392 g/mol. The molecular formula is C25H28N2O2S. The Morgan fingerprint density at radius 2 is 1.87 bits per heavy atom. The van der Waals surface area contributed by atoms with Crippen molar-refractivity contribution in [1.29, 1.82) is 0 Å². The zero-order valence-corrected chi connectivity index (χ0v) is 18.6. The third-order valence-electron chi connectivity index (χ3n) is 6.14. The molecule has 1 heterocycles. The highest BCUT2D eigenvalue weighted by atomic mass is 32.2. The number of carbonyl (C=O) groups is 2. The van der Waals surface area contributed by atoms with Crippen LogP contribution in [-0.2, 0) is 4.79 Å². The number of nitrogens with zero attached hydrogens (tertiary/aromatic N) is 1. The number of amides is 2. The molecule has 4 nitrogen and oxygen atoms in total. The first-order chi connectivity index (χ1) is 14.4. The SMILES string of the molecule is Cc1ccccc1C=C1Sc2ccc(C(=O)NC3CCC(C)CC3)cc2N(C)C1=O. The fourth-order valence-corrected chi connectivity index (χ4v) is 5.18. The summed E-state index contributed by atoms with van der Waals surface area (Å²) in [5, 5.41) is 3.18. The largest absolute Gasteiger partial charge is 0.349 e. The van der Waals surface area contributed by atoms with Gasteiger partial charge in [-0.05, 0) is 73.9 Å². The van der Waals surface area contributed by atoms with Gasteiger partial charge in [-0.2, -0.15) is 0 Å². The highest BCUT2D eigenvalue weighted by molar-refractivity contribution is 8.04. The molecule has 0 spiro atoms. The first-order valence-corrected chi connectivity index (χ1v) is 11.4. The zero-order valence-electron chi connectivity index (χ0n) is 17.8. The normalized spacial score (nSPS) is 22.7. The fourth-order valence-electron chi connectivity index (χ4n) is 4.10. The van der Waals surface area contributed by atoms with Gasteiger partial charge >= 0.3 is 0 Å². The molecule has 2 aromatic rings. The van der Waals surface area contributed by atoms with E-state index in [1.165, 1.54) is 24.6 Å². The maximum absolute atomic E-state index is 13.0. The molecule has 2 amide bonds. The Morgan fingerprint density at radius 1 is 1.13 bits per heavy atom. The second kappa shape index (κ2) is 8.68. The predicted octanol–water partition coefficient (Wildman–Crippen LogP) is 5.41. The molecule has 1 aliphatic carbocycles. The Balaban J connectivity index is 1.54. The lowest BCUT2D eigenvalue weighted by Gasteiger charge is -2.28. The Bertz CT molecular complexity index is 1010. The summed E-state index contributed by atoms with van der Waals surface area (Å²) < 4.78 is 0. The molecule has 2 aliphatic rings. The highest BCUT2D eigenvalue weighted by Gasteiger charge is 2.28. The molecule has 5 heteroatoms. The van der Waals surface area contributed by atoms with Crippen molar-refractivity contribution in [2.45, 2.75) is 50.5 Å². The number of thioether (sulfide) groups is 1. The van der Waals surface area contributed by atoms with Gasteiger partial charge < -0.3 is 10.2 Å². The van der Waals surface area contributed by atoms with E-state index in [1.54, 1.807) is 11.9 Å². The second-order valence-corrected chi connectivity index (χ2v) is 9.53. The van der Waals surface area contributed by atoms with Gasteiger partial charge in [-0.1, -0.05) is 43.0 Å². The maximum atomic E-state index is 13.0. The minimum atomic E-state index is -0.0514. The molecule has 0 atom stereocenters. The molecule has 1 fully saturated rings. The number of anilines is 1. The number of fused-ring (bicyclic) bond motifs is 1. The molecule has 0 aromatic heterocycles.